The van der Waals surface area contributed by atoms with Gasteiger partial charge < -0.3 is 25.2 Å². The van der Waals surface area contributed by atoms with Gasteiger partial charge in [0.2, 0.25) is 0 Å². The number of amides is 2. The van der Waals surface area contributed by atoms with Crippen molar-refractivity contribution in [1.82, 2.24) is 10.6 Å². The van der Waals surface area contributed by atoms with Gasteiger partial charge in [-0.25, -0.2) is 9.59 Å². The maximum absolute atomic E-state index is 11.9. The van der Waals surface area contributed by atoms with Crippen LogP contribution in [0.1, 0.15) is 12.0 Å². The Morgan fingerprint density at radius 1 is 1.48 bits per heavy atom. The molecule has 3 N–H and O–H groups in total. The summed E-state index contributed by atoms with van der Waals surface area (Å²) in [5.41, 5.74) is -0.477. The normalized spacial score (nSPS) is 20.8. The molecule has 1 unspecified atom stereocenters. The van der Waals surface area contributed by atoms with Gasteiger partial charge in [-0.3, -0.25) is 0 Å². The van der Waals surface area contributed by atoms with Crippen LogP contribution >= 0.6 is 0 Å². The van der Waals surface area contributed by atoms with E-state index in [0.29, 0.717) is 12.4 Å². The van der Waals surface area contributed by atoms with Gasteiger partial charge in [0.25, 0.3) is 0 Å². The van der Waals surface area contributed by atoms with Gasteiger partial charge in [-0.2, -0.15) is 0 Å². The lowest BCUT2D eigenvalue weighted by Gasteiger charge is -2.23. The molecule has 0 radical (unpaired) electrons. The predicted molar refractivity (Wildman–Crippen MR) is 74.2 cm³/mol. The first-order valence-corrected chi connectivity index (χ1v) is 6.56. The zero-order valence-electron chi connectivity index (χ0n) is 11.7. The van der Waals surface area contributed by atoms with Crippen LogP contribution in [0, 0.1) is 0 Å². The Labute approximate surface area is 122 Å². The van der Waals surface area contributed by atoms with Crippen molar-refractivity contribution < 1.29 is 24.2 Å². The summed E-state index contributed by atoms with van der Waals surface area (Å²) in [6, 6.07) is 6.72. The Morgan fingerprint density at radius 2 is 2.29 bits per heavy atom. The minimum Gasteiger partial charge on any atom is -0.497 e. The average Bonchev–Trinajstić information content (AvgIpc) is 2.95. The summed E-state index contributed by atoms with van der Waals surface area (Å²) in [6.45, 7) is 0.580. The Bertz CT molecular complexity index is 526. The summed E-state index contributed by atoms with van der Waals surface area (Å²) in [5, 5.41) is 14.3. The maximum Gasteiger partial charge on any atom is 0.332 e. The molecule has 7 heteroatoms. The molecule has 0 aromatic heterocycles. The highest BCUT2D eigenvalue weighted by atomic mass is 16.5. The van der Waals surface area contributed by atoms with Crippen molar-refractivity contribution in [2.75, 3.05) is 20.3 Å². The molecular formula is C14H18N2O5. The molecule has 1 heterocycles. The number of benzene rings is 1. The Kier molecular flexibility index (Phi) is 4.64. The first-order chi connectivity index (χ1) is 10.1. The van der Waals surface area contributed by atoms with Gasteiger partial charge in [0.05, 0.1) is 13.7 Å². The zero-order valence-corrected chi connectivity index (χ0v) is 11.7. The molecular weight excluding hydrogens is 276 g/mol. The standard InChI is InChI=1S/C14H18N2O5/c1-20-11-4-2-3-10(7-11)8-15-13(19)16-14(12(17)18)5-6-21-9-14/h2-4,7H,5-6,8-9H2,1H3,(H,17,18)(H2,15,16,19). The molecule has 1 aliphatic heterocycles. The van der Waals surface area contributed by atoms with Gasteiger partial charge in [0.1, 0.15) is 5.75 Å². The molecule has 1 fully saturated rings. The summed E-state index contributed by atoms with van der Waals surface area (Å²) in [4.78, 5) is 23.1. The molecule has 0 bridgehead atoms. The van der Waals surface area contributed by atoms with Crippen molar-refractivity contribution in [3.8, 4) is 5.75 Å². The lowest BCUT2D eigenvalue weighted by Crippen LogP contribution is -2.57. The topological polar surface area (TPSA) is 96.9 Å². The van der Waals surface area contributed by atoms with Crippen LogP contribution in [-0.4, -0.2) is 43.0 Å². The van der Waals surface area contributed by atoms with Crippen LogP contribution in [0.15, 0.2) is 24.3 Å². The van der Waals surface area contributed by atoms with Crippen molar-refractivity contribution >= 4 is 12.0 Å². The Balaban J connectivity index is 1.91. The Morgan fingerprint density at radius 3 is 2.90 bits per heavy atom. The van der Waals surface area contributed by atoms with Crippen molar-refractivity contribution in [2.24, 2.45) is 0 Å². The van der Waals surface area contributed by atoms with Crippen molar-refractivity contribution in [3.63, 3.8) is 0 Å². The summed E-state index contributed by atoms with van der Waals surface area (Å²) in [5.74, 6) is -0.391. The maximum atomic E-state index is 11.9. The largest absolute Gasteiger partial charge is 0.497 e. The second kappa shape index (κ2) is 6.45. The third-order valence-electron chi connectivity index (χ3n) is 3.37. The van der Waals surface area contributed by atoms with Crippen LogP contribution in [0.25, 0.3) is 0 Å². The number of carboxylic acid groups (broad SMARTS) is 1. The monoisotopic (exact) mass is 294 g/mol. The number of methoxy groups -OCH3 is 1. The van der Waals surface area contributed by atoms with Crippen molar-refractivity contribution in [1.29, 1.82) is 0 Å². The summed E-state index contributed by atoms with van der Waals surface area (Å²) < 4.78 is 10.2. The molecule has 0 saturated carbocycles. The van der Waals surface area contributed by atoms with E-state index in [4.69, 9.17) is 9.47 Å². The van der Waals surface area contributed by atoms with E-state index in [9.17, 15) is 14.7 Å². The molecule has 1 aliphatic rings. The van der Waals surface area contributed by atoms with E-state index in [0.717, 1.165) is 5.56 Å². The molecule has 1 atom stereocenters. The lowest BCUT2D eigenvalue weighted by atomic mass is 9.99. The first-order valence-electron chi connectivity index (χ1n) is 6.56. The number of hydrogen-bond acceptors (Lipinski definition) is 4. The molecule has 21 heavy (non-hydrogen) atoms. The number of ether oxygens (including phenoxy) is 2. The number of carbonyl (C=O) groups is 2. The molecule has 1 aromatic carbocycles. The first kappa shape index (κ1) is 15.1. The zero-order chi connectivity index (χ0) is 15.3. The van der Waals surface area contributed by atoms with E-state index < -0.39 is 17.5 Å². The summed E-state index contributed by atoms with van der Waals surface area (Å²) in [6.07, 6.45) is 0.259. The second-order valence-electron chi connectivity index (χ2n) is 4.85. The molecule has 2 amide bonds. The Hall–Kier alpha value is -2.28. The lowest BCUT2D eigenvalue weighted by molar-refractivity contribution is -0.144. The fraction of sp³-hybridized carbons (Fsp3) is 0.429. The second-order valence-corrected chi connectivity index (χ2v) is 4.85. The van der Waals surface area contributed by atoms with Crippen LogP contribution < -0.4 is 15.4 Å². The van der Waals surface area contributed by atoms with Crippen molar-refractivity contribution in [2.45, 2.75) is 18.5 Å². The third kappa shape index (κ3) is 3.63. The molecule has 2 rings (SSSR count). The van der Waals surface area contributed by atoms with E-state index in [1.54, 1.807) is 19.2 Å². The van der Waals surface area contributed by atoms with E-state index in [1.165, 1.54) is 0 Å². The van der Waals surface area contributed by atoms with Gasteiger partial charge in [-0.1, -0.05) is 12.1 Å². The molecule has 114 valence electrons. The average molecular weight is 294 g/mol. The molecule has 7 nitrogen and oxygen atoms in total. The van der Waals surface area contributed by atoms with Crippen LogP contribution in [0.3, 0.4) is 0 Å². The SMILES string of the molecule is COc1cccc(CNC(=O)NC2(C(=O)O)CCOC2)c1. The van der Waals surface area contributed by atoms with Gasteiger partial charge in [-0.05, 0) is 17.7 Å². The minimum absolute atomic E-state index is 0.0189. The van der Waals surface area contributed by atoms with E-state index >= 15 is 0 Å². The van der Waals surface area contributed by atoms with Gasteiger partial charge in [0.15, 0.2) is 5.54 Å². The van der Waals surface area contributed by atoms with E-state index in [-0.39, 0.29) is 19.6 Å². The highest BCUT2D eigenvalue weighted by Crippen LogP contribution is 2.19. The smallest absolute Gasteiger partial charge is 0.332 e. The number of carboxylic acids is 1. The van der Waals surface area contributed by atoms with Gasteiger partial charge in [0, 0.05) is 19.6 Å². The molecule has 1 saturated heterocycles. The summed E-state index contributed by atoms with van der Waals surface area (Å²) in [7, 11) is 1.57. The number of rotatable bonds is 5. The summed E-state index contributed by atoms with van der Waals surface area (Å²) >= 11 is 0. The van der Waals surface area contributed by atoms with E-state index in [2.05, 4.69) is 10.6 Å². The van der Waals surface area contributed by atoms with Gasteiger partial charge >= 0.3 is 12.0 Å². The highest BCUT2D eigenvalue weighted by molar-refractivity contribution is 5.86. The highest BCUT2D eigenvalue weighted by Gasteiger charge is 2.43. The van der Waals surface area contributed by atoms with Crippen LogP contribution in [0.2, 0.25) is 0 Å². The van der Waals surface area contributed by atoms with Crippen LogP contribution in [-0.2, 0) is 16.1 Å². The molecule has 0 aliphatic carbocycles. The predicted octanol–water partition coefficient (Wildman–Crippen LogP) is 0.738. The number of hydrogen-bond donors (Lipinski definition) is 3. The minimum atomic E-state index is -1.33. The third-order valence-corrected chi connectivity index (χ3v) is 3.37. The molecule has 0 spiro atoms. The van der Waals surface area contributed by atoms with E-state index in [1.807, 2.05) is 12.1 Å². The number of nitrogens with one attached hydrogen (secondary N) is 2. The van der Waals surface area contributed by atoms with Crippen LogP contribution in [0.5, 0.6) is 5.75 Å². The van der Waals surface area contributed by atoms with Gasteiger partial charge in [-0.15, -0.1) is 0 Å². The number of carbonyl (C=O) groups excluding carboxylic acids is 1. The van der Waals surface area contributed by atoms with Crippen LogP contribution in [0.4, 0.5) is 4.79 Å². The quantitative estimate of drug-likeness (QED) is 0.744. The van der Waals surface area contributed by atoms with Crippen molar-refractivity contribution in [3.05, 3.63) is 29.8 Å². The molecule has 1 aromatic rings. The fourth-order valence-electron chi connectivity index (χ4n) is 2.11. The number of urea groups is 1. The fourth-order valence-corrected chi connectivity index (χ4v) is 2.11. The number of aliphatic carboxylic acids is 1.